The standard InChI is InChI=1S/C33H31GeNSe/c1-22(2)19-24-12-10-16-28-29-17-18-35-31(33(29)36-32(24)28)25-20-23-11-8-9-15-27(23)30(21-25)34(3,4)26-13-6-5-7-14-26/h5-18,20-22H,19H2,1-4H3. The van der Waals surface area contributed by atoms with Crippen molar-refractivity contribution in [3.05, 3.63) is 103 Å². The van der Waals surface area contributed by atoms with Crippen LogP contribution in [0.4, 0.5) is 0 Å². The number of benzene rings is 4. The van der Waals surface area contributed by atoms with Gasteiger partial charge in [-0.25, -0.2) is 0 Å². The normalized spacial score (nSPS) is 12.2. The van der Waals surface area contributed by atoms with Crippen molar-refractivity contribution in [1.29, 1.82) is 0 Å². The number of hydrogen-bond acceptors (Lipinski definition) is 1. The van der Waals surface area contributed by atoms with Gasteiger partial charge in [0.15, 0.2) is 0 Å². The predicted octanol–water partition coefficient (Wildman–Crippen LogP) is 7.29. The van der Waals surface area contributed by atoms with E-state index in [0.717, 1.165) is 6.42 Å². The monoisotopic (exact) mass is 595 g/mol. The second-order valence-electron chi connectivity index (χ2n) is 10.8. The van der Waals surface area contributed by atoms with Crippen molar-refractivity contribution in [3.8, 4) is 11.3 Å². The Balaban J connectivity index is 1.62. The minimum absolute atomic E-state index is 0.266. The van der Waals surface area contributed by atoms with E-state index in [2.05, 4.69) is 116 Å². The summed E-state index contributed by atoms with van der Waals surface area (Å²) >= 11 is -2.28. The van der Waals surface area contributed by atoms with E-state index in [4.69, 9.17) is 4.98 Å². The van der Waals surface area contributed by atoms with Crippen molar-refractivity contribution in [1.82, 2.24) is 4.98 Å². The van der Waals surface area contributed by atoms with Crippen LogP contribution in [0.1, 0.15) is 19.4 Å². The van der Waals surface area contributed by atoms with Crippen molar-refractivity contribution in [2.24, 2.45) is 5.92 Å². The molecular formula is C33H31GeNSe. The van der Waals surface area contributed by atoms with E-state index in [1.165, 1.54) is 51.4 Å². The first-order valence-electron chi connectivity index (χ1n) is 12.8. The van der Waals surface area contributed by atoms with Crippen LogP contribution in [0.5, 0.6) is 0 Å². The third-order valence-electron chi connectivity index (χ3n) is 7.43. The Bertz CT molecular complexity index is 1710. The Morgan fingerprint density at radius 3 is 2.28 bits per heavy atom. The number of hydrogen-bond donors (Lipinski definition) is 0. The van der Waals surface area contributed by atoms with E-state index in [-0.39, 0.29) is 14.5 Å². The molecule has 3 heteroatoms. The molecule has 0 aliphatic heterocycles. The van der Waals surface area contributed by atoms with E-state index >= 15 is 0 Å². The van der Waals surface area contributed by atoms with E-state index < -0.39 is 13.3 Å². The van der Waals surface area contributed by atoms with Gasteiger partial charge in [-0.1, -0.05) is 0 Å². The maximum atomic E-state index is 5.03. The van der Waals surface area contributed by atoms with E-state index in [0.29, 0.717) is 5.92 Å². The summed E-state index contributed by atoms with van der Waals surface area (Å²) in [6.07, 6.45) is 3.16. The fraction of sp³-hybridized carbons (Fsp3) is 0.182. The van der Waals surface area contributed by atoms with Crippen LogP contribution in [0.25, 0.3) is 41.3 Å². The first-order valence-corrected chi connectivity index (χ1v) is 20.8. The van der Waals surface area contributed by atoms with Crippen LogP contribution in [0.15, 0.2) is 97.2 Å². The molecule has 6 rings (SSSR count). The average molecular weight is 593 g/mol. The van der Waals surface area contributed by atoms with Crippen molar-refractivity contribution in [2.75, 3.05) is 0 Å². The first kappa shape index (κ1) is 23.7. The van der Waals surface area contributed by atoms with Gasteiger partial charge in [0.2, 0.25) is 0 Å². The molecule has 0 saturated carbocycles. The molecule has 0 aliphatic rings. The number of nitrogens with zero attached hydrogens (tertiary/aromatic N) is 1. The topological polar surface area (TPSA) is 12.9 Å². The second kappa shape index (κ2) is 9.34. The Kier molecular flexibility index (Phi) is 6.16. The van der Waals surface area contributed by atoms with Crippen LogP contribution in [0.3, 0.4) is 0 Å². The van der Waals surface area contributed by atoms with E-state index in [1.54, 1.807) is 4.26 Å². The average Bonchev–Trinajstić information content (AvgIpc) is 3.28. The Labute approximate surface area is 222 Å². The van der Waals surface area contributed by atoms with Gasteiger partial charge in [-0.05, 0) is 0 Å². The molecule has 178 valence electrons. The summed E-state index contributed by atoms with van der Waals surface area (Å²) in [6, 6.07) is 34.1. The van der Waals surface area contributed by atoms with Crippen LogP contribution in [0.2, 0.25) is 11.5 Å². The first-order chi connectivity index (χ1) is 17.4. The molecule has 36 heavy (non-hydrogen) atoms. The zero-order valence-electron chi connectivity index (χ0n) is 21.4. The summed E-state index contributed by atoms with van der Waals surface area (Å²) in [6.45, 7) is 4.63. The number of rotatable bonds is 5. The Hall–Kier alpha value is -2.65. The van der Waals surface area contributed by atoms with Gasteiger partial charge in [-0.15, -0.1) is 0 Å². The summed E-state index contributed by atoms with van der Waals surface area (Å²) in [5.41, 5.74) is 3.97. The Morgan fingerprint density at radius 2 is 1.47 bits per heavy atom. The van der Waals surface area contributed by atoms with Crippen LogP contribution < -0.4 is 8.79 Å². The molecular weight excluding hydrogens is 562 g/mol. The van der Waals surface area contributed by atoms with Crippen LogP contribution >= 0.6 is 0 Å². The zero-order valence-corrected chi connectivity index (χ0v) is 25.2. The summed E-state index contributed by atoms with van der Waals surface area (Å²) in [4.78, 5) is 5.03. The second-order valence-corrected chi connectivity index (χ2v) is 22.1. The van der Waals surface area contributed by atoms with E-state index in [9.17, 15) is 0 Å². The van der Waals surface area contributed by atoms with Gasteiger partial charge in [0.05, 0.1) is 0 Å². The van der Waals surface area contributed by atoms with Gasteiger partial charge in [0, 0.05) is 0 Å². The molecule has 0 N–H and O–H groups in total. The van der Waals surface area contributed by atoms with Crippen molar-refractivity contribution >= 4 is 66.6 Å². The summed E-state index contributed by atoms with van der Waals surface area (Å²) < 4.78 is 6.06. The molecule has 4 aromatic carbocycles. The maximum absolute atomic E-state index is 5.03. The molecule has 0 aliphatic carbocycles. The fourth-order valence-corrected chi connectivity index (χ4v) is 14.1. The van der Waals surface area contributed by atoms with Gasteiger partial charge < -0.3 is 0 Å². The molecule has 0 radical (unpaired) electrons. The predicted molar refractivity (Wildman–Crippen MR) is 161 cm³/mol. The van der Waals surface area contributed by atoms with Crippen molar-refractivity contribution < 1.29 is 0 Å². The molecule has 0 spiro atoms. The van der Waals surface area contributed by atoms with Crippen molar-refractivity contribution in [3.63, 3.8) is 0 Å². The van der Waals surface area contributed by atoms with Crippen LogP contribution in [-0.4, -0.2) is 32.8 Å². The molecule has 0 amide bonds. The third kappa shape index (κ3) is 4.06. The van der Waals surface area contributed by atoms with Crippen LogP contribution in [0, 0.1) is 5.92 Å². The molecule has 0 saturated heterocycles. The molecule has 6 aromatic rings. The molecule has 0 bridgehead atoms. The Morgan fingerprint density at radius 1 is 0.750 bits per heavy atom. The summed E-state index contributed by atoms with van der Waals surface area (Å²) in [5, 5.41) is 5.53. The van der Waals surface area contributed by atoms with E-state index in [1.807, 2.05) is 6.20 Å². The molecule has 2 aromatic heterocycles. The summed E-state index contributed by atoms with van der Waals surface area (Å²) in [7, 11) is 0. The van der Waals surface area contributed by atoms with Gasteiger partial charge >= 0.3 is 223 Å². The molecule has 0 fully saturated rings. The van der Waals surface area contributed by atoms with Crippen molar-refractivity contribution in [2.45, 2.75) is 31.8 Å². The van der Waals surface area contributed by atoms with Gasteiger partial charge in [0.25, 0.3) is 0 Å². The zero-order chi connectivity index (χ0) is 24.9. The molecule has 1 nitrogen and oxygen atoms in total. The fourth-order valence-electron chi connectivity index (χ4n) is 5.56. The minimum atomic E-state index is -2.55. The van der Waals surface area contributed by atoms with Gasteiger partial charge in [0.1, 0.15) is 0 Å². The molecule has 2 heterocycles. The van der Waals surface area contributed by atoms with Crippen LogP contribution in [-0.2, 0) is 6.42 Å². The number of pyridine rings is 1. The molecule has 0 atom stereocenters. The quantitative estimate of drug-likeness (QED) is 0.192. The summed E-state index contributed by atoms with van der Waals surface area (Å²) in [5.74, 6) is 5.72. The SMILES string of the molecule is CC(C)Cc1cccc2c1[se]c1c(-c3c[c]([Ge]([CH3])([CH3])[c]4ccccc4)c4ccccc4c3)nccc12. The molecule has 0 unspecified atom stereocenters. The van der Waals surface area contributed by atoms with Gasteiger partial charge in [-0.3, -0.25) is 0 Å². The van der Waals surface area contributed by atoms with Gasteiger partial charge in [-0.2, -0.15) is 0 Å². The number of aromatic nitrogens is 1. The third-order valence-corrected chi connectivity index (χ3v) is 17.6. The number of fused-ring (bicyclic) bond motifs is 4.